The number of hydrogen-bond acceptors (Lipinski definition) is 5. The van der Waals surface area contributed by atoms with E-state index in [1.54, 1.807) is 6.07 Å². The molecular weight excluding hydrogens is 315 g/mol. The van der Waals surface area contributed by atoms with Gasteiger partial charge in [0, 0.05) is 6.54 Å². The van der Waals surface area contributed by atoms with E-state index in [1.807, 2.05) is 0 Å². The van der Waals surface area contributed by atoms with Gasteiger partial charge in [-0.05, 0) is 45.0 Å². The highest BCUT2D eigenvalue weighted by molar-refractivity contribution is 7.00. The number of anilines is 1. The van der Waals surface area contributed by atoms with Crippen LogP contribution in [-0.4, -0.2) is 39.8 Å². The Kier molecular flexibility index (Phi) is 4.61. The summed E-state index contributed by atoms with van der Waals surface area (Å²) in [5.41, 5.74) is 2.35. The van der Waals surface area contributed by atoms with Crippen LogP contribution in [0.1, 0.15) is 19.3 Å². The lowest BCUT2D eigenvalue weighted by molar-refractivity contribution is 0.337. The standard InChI is InChI=1S/C13H16Cl2N4S/c14-9-8-10(15)12-13(18-20-17-12)11(9)16-4-3-7-19-5-1-2-6-19/h8,16H,1-7H2. The van der Waals surface area contributed by atoms with Gasteiger partial charge in [0.05, 0.1) is 27.5 Å². The van der Waals surface area contributed by atoms with Crippen LogP contribution in [0.15, 0.2) is 6.07 Å². The van der Waals surface area contributed by atoms with Crippen molar-refractivity contribution in [3.8, 4) is 0 Å². The third kappa shape index (κ3) is 3.01. The van der Waals surface area contributed by atoms with Crippen molar-refractivity contribution in [2.24, 2.45) is 0 Å². The smallest absolute Gasteiger partial charge is 0.130 e. The molecule has 4 nitrogen and oxygen atoms in total. The molecule has 0 bridgehead atoms. The molecule has 1 N–H and O–H groups in total. The average molecular weight is 331 g/mol. The predicted octanol–water partition coefficient (Wildman–Crippen LogP) is 3.90. The van der Waals surface area contributed by atoms with Crippen molar-refractivity contribution < 1.29 is 0 Å². The molecule has 1 saturated heterocycles. The van der Waals surface area contributed by atoms with Crippen molar-refractivity contribution in [3.05, 3.63) is 16.1 Å². The molecule has 1 aliphatic rings. The lowest BCUT2D eigenvalue weighted by Crippen LogP contribution is -2.22. The van der Waals surface area contributed by atoms with Crippen LogP contribution in [0.5, 0.6) is 0 Å². The van der Waals surface area contributed by atoms with Gasteiger partial charge in [0.15, 0.2) is 0 Å². The van der Waals surface area contributed by atoms with Crippen molar-refractivity contribution in [2.75, 3.05) is 31.5 Å². The van der Waals surface area contributed by atoms with Gasteiger partial charge in [0.1, 0.15) is 11.0 Å². The molecule has 0 saturated carbocycles. The molecule has 0 radical (unpaired) electrons. The van der Waals surface area contributed by atoms with E-state index in [-0.39, 0.29) is 0 Å². The highest BCUT2D eigenvalue weighted by Crippen LogP contribution is 2.35. The van der Waals surface area contributed by atoms with Gasteiger partial charge < -0.3 is 10.2 Å². The topological polar surface area (TPSA) is 41.1 Å². The Morgan fingerprint density at radius 3 is 2.70 bits per heavy atom. The molecule has 7 heteroatoms. The van der Waals surface area contributed by atoms with Crippen LogP contribution in [0, 0.1) is 0 Å². The zero-order valence-electron chi connectivity index (χ0n) is 11.0. The molecular formula is C13H16Cl2N4S. The maximum atomic E-state index is 6.25. The number of fused-ring (bicyclic) bond motifs is 1. The highest BCUT2D eigenvalue weighted by atomic mass is 35.5. The second-order valence-corrected chi connectivity index (χ2v) is 6.35. The number of likely N-dealkylation sites (tertiary alicyclic amines) is 1. The number of nitrogens with one attached hydrogen (secondary N) is 1. The Morgan fingerprint density at radius 1 is 1.15 bits per heavy atom. The van der Waals surface area contributed by atoms with Gasteiger partial charge >= 0.3 is 0 Å². The first-order chi connectivity index (χ1) is 9.75. The molecule has 1 aromatic heterocycles. The van der Waals surface area contributed by atoms with Gasteiger partial charge in [-0.15, -0.1) is 0 Å². The summed E-state index contributed by atoms with van der Waals surface area (Å²) in [5.74, 6) is 0. The lowest BCUT2D eigenvalue weighted by atomic mass is 10.2. The summed E-state index contributed by atoms with van der Waals surface area (Å²) in [6.07, 6.45) is 3.77. The second kappa shape index (κ2) is 6.43. The maximum Gasteiger partial charge on any atom is 0.130 e. The first-order valence-corrected chi connectivity index (χ1v) is 8.31. The highest BCUT2D eigenvalue weighted by Gasteiger charge is 2.14. The van der Waals surface area contributed by atoms with E-state index in [2.05, 4.69) is 19.0 Å². The Balaban J connectivity index is 1.63. The summed E-state index contributed by atoms with van der Waals surface area (Å²) in [7, 11) is 0. The Bertz CT molecular complexity index is 595. The van der Waals surface area contributed by atoms with Gasteiger partial charge in [0.25, 0.3) is 0 Å². The minimum Gasteiger partial charge on any atom is -0.382 e. The Morgan fingerprint density at radius 2 is 1.90 bits per heavy atom. The summed E-state index contributed by atoms with van der Waals surface area (Å²) >= 11 is 13.5. The van der Waals surface area contributed by atoms with Crippen LogP contribution in [0.3, 0.4) is 0 Å². The first kappa shape index (κ1) is 14.3. The molecule has 1 aromatic carbocycles. The predicted molar refractivity (Wildman–Crippen MR) is 86.2 cm³/mol. The fourth-order valence-corrected chi connectivity index (χ4v) is 3.74. The van der Waals surface area contributed by atoms with E-state index in [4.69, 9.17) is 23.2 Å². The molecule has 1 fully saturated rings. The molecule has 0 aliphatic carbocycles. The van der Waals surface area contributed by atoms with Crippen LogP contribution < -0.4 is 5.32 Å². The molecule has 2 aromatic rings. The van der Waals surface area contributed by atoms with Gasteiger partial charge in [-0.3, -0.25) is 0 Å². The van der Waals surface area contributed by atoms with Crippen molar-refractivity contribution >= 4 is 51.7 Å². The molecule has 1 aliphatic heterocycles. The molecule has 0 amide bonds. The van der Waals surface area contributed by atoms with Crippen LogP contribution in [-0.2, 0) is 0 Å². The Hall–Kier alpha value is -0.620. The Labute approximate surface area is 132 Å². The van der Waals surface area contributed by atoms with Gasteiger partial charge in [-0.2, -0.15) is 8.75 Å². The number of rotatable bonds is 5. The third-order valence-corrected chi connectivity index (χ3v) is 4.71. The second-order valence-electron chi connectivity index (χ2n) is 5.01. The van der Waals surface area contributed by atoms with Crippen molar-refractivity contribution in [1.29, 1.82) is 0 Å². The quantitative estimate of drug-likeness (QED) is 0.844. The molecule has 3 rings (SSSR count). The lowest BCUT2D eigenvalue weighted by Gasteiger charge is -2.15. The summed E-state index contributed by atoms with van der Waals surface area (Å²) in [4.78, 5) is 2.51. The summed E-state index contributed by atoms with van der Waals surface area (Å²) in [6, 6.07) is 1.73. The van der Waals surface area contributed by atoms with E-state index in [9.17, 15) is 0 Å². The SMILES string of the molecule is Clc1cc(Cl)c2nsnc2c1NCCCN1CCCC1. The zero-order valence-corrected chi connectivity index (χ0v) is 13.4. The summed E-state index contributed by atoms with van der Waals surface area (Å²) in [6.45, 7) is 4.49. The van der Waals surface area contributed by atoms with Gasteiger partial charge in [0.2, 0.25) is 0 Å². The number of benzene rings is 1. The summed E-state index contributed by atoms with van der Waals surface area (Å²) in [5, 5.41) is 4.54. The third-order valence-electron chi connectivity index (χ3n) is 3.60. The minimum atomic E-state index is 0.557. The molecule has 0 atom stereocenters. The molecule has 108 valence electrons. The maximum absolute atomic E-state index is 6.25. The van der Waals surface area contributed by atoms with E-state index < -0.39 is 0 Å². The normalized spacial score (nSPS) is 16.1. The fourth-order valence-electron chi connectivity index (χ4n) is 2.56. The molecule has 2 heterocycles. The summed E-state index contributed by atoms with van der Waals surface area (Å²) < 4.78 is 8.49. The van der Waals surface area contributed by atoms with E-state index in [0.29, 0.717) is 10.0 Å². The van der Waals surface area contributed by atoms with E-state index >= 15 is 0 Å². The van der Waals surface area contributed by atoms with Gasteiger partial charge in [-0.25, -0.2) is 0 Å². The number of hydrogen-bond donors (Lipinski definition) is 1. The van der Waals surface area contributed by atoms with Crippen molar-refractivity contribution in [1.82, 2.24) is 13.6 Å². The molecule has 0 spiro atoms. The van der Waals surface area contributed by atoms with Crippen molar-refractivity contribution in [3.63, 3.8) is 0 Å². The van der Waals surface area contributed by atoms with Gasteiger partial charge in [-0.1, -0.05) is 23.2 Å². The first-order valence-electron chi connectivity index (χ1n) is 6.82. The monoisotopic (exact) mass is 330 g/mol. The number of aromatic nitrogens is 2. The number of nitrogens with zero attached hydrogens (tertiary/aromatic N) is 3. The largest absolute Gasteiger partial charge is 0.382 e. The average Bonchev–Trinajstić information content (AvgIpc) is 3.08. The van der Waals surface area contributed by atoms with Crippen LogP contribution in [0.4, 0.5) is 5.69 Å². The van der Waals surface area contributed by atoms with Crippen LogP contribution in [0.25, 0.3) is 11.0 Å². The fraction of sp³-hybridized carbons (Fsp3) is 0.538. The van der Waals surface area contributed by atoms with E-state index in [1.165, 1.54) is 25.9 Å². The van der Waals surface area contributed by atoms with Crippen LogP contribution in [0.2, 0.25) is 10.0 Å². The minimum absolute atomic E-state index is 0.557. The molecule has 0 unspecified atom stereocenters. The van der Waals surface area contributed by atoms with Crippen molar-refractivity contribution in [2.45, 2.75) is 19.3 Å². The number of halogens is 2. The van der Waals surface area contributed by atoms with Crippen LogP contribution >= 0.6 is 34.9 Å². The van der Waals surface area contributed by atoms with E-state index in [0.717, 1.165) is 48.0 Å². The molecule has 20 heavy (non-hydrogen) atoms. The zero-order chi connectivity index (χ0) is 13.9.